The van der Waals surface area contributed by atoms with E-state index in [1.54, 1.807) is 29.2 Å². The van der Waals surface area contributed by atoms with Crippen LogP contribution < -0.4 is 5.32 Å². The number of aromatic nitrogens is 5. The van der Waals surface area contributed by atoms with Crippen molar-refractivity contribution in [1.82, 2.24) is 30.2 Å². The van der Waals surface area contributed by atoms with E-state index >= 15 is 0 Å². The average Bonchev–Trinajstić information content (AvgIpc) is 3.28. The van der Waals surface area contributed by atoms with Gasteiger partial charge in [-0.1, -0.05) is 23.4 Å². The first-order chi connectivity index (χ1) is 12.7. The van der Waals surface area contributed by atoms with Gasteiger partial charge in [0.25, 0.3) is 11.8 Å². The molecule has 1 amide bonds. The molecule has 0 radical (unpaired) electrons. The molecule has 4 aromatic rings. The van der Waals surface area contributed by atoms with Crippen molar-refractivity contribution in [3.05, 3.63) is 60.3 Å². The SMILES string of the molecule is Cn1nc(C(=O)NCCc2noc(-c3ccncc3)n2)c2ccccc21. The highest BCUT2D eigenvalue weighted by Crippen LogP contribution is 2.17. The first kappa shape index (κ1) is 15.9. The van der Waals surface area contributed by atoms with Gasteiger partial charge in [-0.25, -0.2) is 0 Å². The number of benzene rings is 1. The molecule has 1 aromatic carbocycles. The number of aryl methyl sites for hydroxylation is 1. The summed E-state index contributed by atoms with van der Waals surface area (Å²) in [5.41, 5.74) is 2.13. The topological polar surface area (TPSA) is 98.7 Å². The Balaban J connectivity index is 1.40. The lowest BCUT2D eigenvalue weighted by molar-refractivity contribution is 0.0949. The highest BCUT2D eigenvalue weighted by Gasteiger charge is 2.15. The van der Waals surface area contributed by atoms with Crippen molar-refractivity contribution in [2.24, 2.45) is 7.05 Å². The van der Waals surface area contributed by atoms with Gasteiger partial charge in [0.15, 0.2) is 11.5 Å². The molecule has 0 aliphatic carbocycles. The number of para-hydroxylation sites is 1. The van der Waals surface area contributed by atoms with Gasteiger partial charge in [-0.3, -0.25) is 14.5 Å². The summed E-state index contributed by atoms with van der Waals surface area (Å²) >= 11 is 0. The molecule has 8 heteroatoms. The van der Waals surface area contributed by atoms with Crippen LogP contribution in [0, 0.1) is 0 Å². The molecule has 0 aliphatic rings. The molecule has 3 aromatic heterocycles. The lowest BCUT2D eigenvalue weighted by Crippen LogP contribution is -2.26. The molecule has 26 heavy (non-hydrogen) atoms. The van der Waals surface area contributed by atoms with Crippen molar-refractivity contribution in [3.63, 3.8) is 0 Å². The normalized spacial score (nSPS) is 11.0. The molecule has 0 saturated carbocycles. The third-order valence-electron chi connectivity index (χ3n) is 4.00. The predicted molar refractivity (Wildman–Crippen MR) is 94.3 cm³/mol. The smallest absolute Gasteiger partial charge is 0.272 e. The summed E-state index contributed by atoms with van der Waals surface area (Å²) in [6.07, 6.45) is 3.79. The van der Waals surface area contributed by atoms with Crippen LogP contribution in [-0.4, -0.2) is 37.4 Å². The number of amides is 1. The summed E-state index contributed by atoms with van der Waals surface area (Å²) in [6.45, 7) is 0.388. The first-order valence-corrected chi connectivity index (χ1v) is 8.15. The molecule has 0 spiro atoms. The molecule has 1 N–H and O–H groups in total. The number of nitrogens with one attached hydrogen (secondary N) is 1. The summed E-state index contributed by atoms with van der Waals surface area (Å²) in [4.78, 5) is 20.7. The maximum Gasteiger partial charge on any atom is 0.272 e. The standard InChI is InChI=1S/C18H16N6O2/c1-24-14-5-3-2-4-13(14)16(22-24)17(25)20-11-8-15-21-18(26-23-15)12-6-9-19-10-7-12/h2-7,9-10H,8,11H2,1H3,(H,20,25). The quantitative estimate of drug-likeness (QED) is 0.592. The predicted octanol–water partition coefficient (Wildman–Crippen LogP) is 1.99. The van der Waals surface area contributed by atoms with Crippen LogP contribution in [0.2, 0.25) is 0 Å². The van der Waals surface area contributed by atoms with Crippen molar-refractivity contribution in [3.8, 4) is 11.5 Å². The minimum absolute atomic E-state index is 0.223. The minimum atomic E-state index is -0.223. The number of rotatable bonds is 5. The van der Waals surface area contributed by atoms with Crippen molar-refractivity contribution in [2.45, 2.75) is 6.42 Å². The maximum absolute atomic E-state index is 12.4. The number of pyridine rings is 1. The second kappa shape index (κ2) is 6.75. The third kappa shape index (κ3) is 3.04. The van der Waals surface area contributed by atoms with Crippen LogP contribution in [0.3, 0.4) is 0 Å². The van der Waals surface area contributed by atoms with Gasteiger partial charge in [0.1, 0.15) is 0 Å². The number of hydrogen-bond donors (Lipinski definition) is 1. The highest BCUT2D eigenvalue weighted by atomic mass is 16.5. The van der Waals surface area contributed by atoms with Crippen molar-refractivity contribution in [1.29, 1.82) is 0 Å². The van der Waals surface area contributed by atoms with Crippen LogP contribution >= 0.6 is 0 Å². The summed E-state index contributed by atoms with van der Waals surface area (Å²) in [7, 11) is 1.82. The molecule has 3 heterocycles. The zero-order valence-corrected chi connectivity index (χ0v) is 14.1. The van der Waals surface area contributed by atoms with Crippen LogP contribution in [-0.2, 0) is 13.5 Å². The summed E-state index contributed by atoms with van der Waals surface area (Å²) in [5, 5.41) is 11.9. The second-order valence-electron chi connectivity index (χ2n) is 5.75. The molecule has 130 valence electrons. The number of nitrogens with zero attached hydrogens (tertiary/aromatic N) is 5. The van der Waals surface area contributed by atoms with Crippen molar-refractivity contribution < 1.29 is 9.32 Å². The monoisotopic (exact) mass is 348 g/mol. The van der Waals surface area contributed by atoms with Crippen LogP contribution in [0.25, 0.3) is 22.4 Å². The van der Waals surface area contributed by atoms with Gasteiger partial charge in [-0.05, 0) is 18.2 Å². The second-order valence-corrected chi connectivity index (χ2v) is 5.75. The fourth-order valence-corrected chi connectivity index (χ4v) is 2.72. The molecule has 0 saturated heterocycles. The number of hydrogen-bond acceptors (Lipinski definition) is 6. The third-order valence-corrected chi connectivity index (χ3v) is 4.00. The Morgan fingerprint density at radius 2 is 2.00 bits per heavy atom. The molecular weight excluding hydrogens is 332 g/mol. The van der Waals surface area contributed by atoms with E-state index in [0.717, 1.165) is 16.5 Å². The average molecular weight is 348 g/mol. The molecule has 0 bridgehead atoms. The van der Waals surface area contributed by atoms with E-state index in [1.165, 1.54) is 0 Å². The van der Waals surface area contributed by atoms with E-state index in [4.69, 9.17) is 4.52 Å². The van der Waals surface area contributed by atoms with Gasteiger partial charge in [0.2, 0.25) is 0 Å². The van der Waals surface area contributed by atoms with Gasteiger partial charge in [0, 0.05) is 43.4 Å². The van der Waals surface area contributed by atoms with Gasteiger partial charge in [0.05, 0.1) is 5.52 Å². The van der Waals surface area contributed by atoms with E-state index in [2.05, 4.69) is 25.5 Å². The highest BCUT2D eigenvalue weighted by molar-refractivity contribution is 6.04. The Labute approximate surface area is 148 Å². The summed E-state index contributed by atoms with van der Waals surface area (Å²) < 4.78 is 6.94. The molecule has 0 aliphatic heterocycles. The first-order valence-electron chi connectivity index (χ1n) is 8.15. The summed E-state index contributed by atoms with van der Waals surface area (Å²) in [5.74, 6) is 0.743. The lowest BCUT2D eigenvalue weighted by atomic mass is 10.2. The van der Waals surface area contributed by atoms with Crippen LogP contribution in [0.5, 0.6) is 0 Å². The lowest BCUT2D eigenvalue weighted by Gasteiger charge is -2.01. The Morgan fingerprint density at radius 3 is 2.85 bits per heavy atom. The summed E-state index contributed by atoms with van der Waals surface area (Å²) in [6, 6.07) is 11.2. The number of fused-ring (bicyclic) bond motifs is 1. The molecule has 4 rings (SSSR count). The Morgan fingerprint density at radius 1 is 1.19 bits per heavy atom. The Hall–Kier alpha value is -3.55. The Kier molecular flexibility index (Phi) is 4.14. The molecular formula is C18H16N6O2. The Bertz CT molecular complexity index is 1050. The number of carbonyl (C=O) groups excluding carboxylic acids is 1. The van der Waals surface area contributed by atoms with E-state index in [-0.39, 0.29) is 5.91 Å². The van der Waals surface area contributed by atoms with E-state index in [1.807, 2.05) is 31.3 Å². The van der Waals surface area contributed by atoms with E-state index in [9.17, 15) is 4.79 Å². The fourth-order valence-electron chi connectivity index (χ4n) is 2.72. The maximum atomic E-state index is 12.4. The molecule has 8 nitrogen and oxygen atoms in total. The van der Waals surface area contributed by atoms with E-state index in [0.29, 0.717) is 30.4 Å². The van der Waals surface area contributed by atoms with Crippen LogP contribution in [0.4, 0.5) is 0 Å². The van der Waals surface area contributed by atoms with E-state index < -0.39 is 0 Å². The number of carbonyl (C=O) groups is 1. The molecule has 0 unspecified atom stereocenters. The van der Waals surface area contributed by atoms with Gasteiger partial charge < -0.3 is 9.84 Å². The van der Waals surface area contributed by atoms with Crippen molar-refractivity contribution >= 4 is 16.8 Å². The fraction of sp³-hybridized carbons (Fsp3) is 0.167. The molecule has 0 fully saturated rings. The minimum Gasteiger partial charge on any atom is -0.350 e. The van der Waals surface area contributed by atoms with Crippen LogP contribution in [0.15, 0.2) is 53.3 Å². The van der Waals surface area contributed by atoms with Gasteiger partial charge in [-0.2, -0.15) is 10.1 Å². The zero-order valence-electron chi connectivity index (χ0n) is 14.1. The van der Waals surface area contributed by atoms with Gasteiger partial charge >= 0.3 is 0 Å². The molecule has 0 atom stereocenters. The van der Waals surface area contributed by atoms with Crippen molar-refractivity contribution in [2.75, 3.05) is 6.54 Å². The van der Waals surface area contributed by atoms with Gasteiger partial charge in [-0.15, -0.1) is 0 Å². The zero-order chi connectivity index (χ0) is 17.9. The largest absolute Gasteiger partial charge is 0.350 e. The van der Waals surface area contributed by atoms with Crippen LogP contribution in [0.1, 0.15) is 16.3 Å².